The Morgan fingerprint density at radius 3 is 2.82 bits per heavy atom. The van der Waals surface area contributed by atoms with Crippen molar-refractivity contribution in [3.05, 3.63) is 45.1 Å². The summed E-state index contributed by atoms with van der Waals surface area (Å²) in [5, 5.41) is 5.10. The Balaban J connectivity index is 2.28. The van der Waals surface area contributed by atoms with E-state index in [0.717, 1.165) is 5.56 Å². The number of thiophene rings is 1. The first kappa shape index (κ1) is 12.0. The van der Waals surface area contributed by atoms with Gasteiger partial charge in [-0.05, 0) is 36.1 Å². The summed E-state index contributed by atoms with van der Waals surface area (Å²) in [6, 6.07) is 6.99. The van der Waals surface area contributed by atoms with Gasteiger partial charge in [0.2, 0.25) is 0 Å². The Morgan fingerprint density at radius 2 is 2.24 bits per heavy atom. The predicted molar refractivity (Wildman–Crippen MR) is 72.9 cm³/mol. The summed E-state index contributed by atoms with van der Waals surface area (Å²) in [5.41, 5.74) is 7.70. The molecule has 1 aromatic heterocycles. The number of rotatable bonds is 2. The average Bonchev–Trinajstić information content (AvgIpc) is 2.76. The lowest BCUT2D eigenvalue weighted by Gasteiger charge is -2.10. The number of anilines is 2. The third-order valence-electron chi connectivity index (χ3n) is 2.29. The molecule has 0 unspecified atom stereocenters. The van der Waals surface area contributed by atoms with Crippen LogP contribution in [0.25, 0.3) is 0 Å². The van der Waals surface area contributed by atoms with Crippen LogP contribution in [0.4, 0.5) is 11.4 Å². The number of benzene rings is 1. The van der Waals surface area contributed by atoms with Crippen molar-refractivity contribution >= 4 is 40.2 Å². The highest BCUT2D eigenvalue weighted by Crippen LogP contribution is 2.29. The van der Waals surface area contributed by atoms with Crippen molar-refractivity contribution in [3.8, 4) is 0 Å². The fourth-order valence-electron chi connectivity index (χ4n) is 1.51. The maximum absolute atomic E-state index is 11.9. The van der Waals surface area contributed by atoms with Crippen molar-refractivity contribution in [2.24, 2.45) is 0 Å². The molecule has 1 heterocycles. The summed E-state index contributed by atoms with van der Waals surface area (Å²) in [5.74, 6) is -0.158. The number of nitrogens with one attached hydrogen (secondary N) is 1. The molecule has 0 aliphatic carbocycles. The highest BCUT2D eigenvalue weighted by atomic mass is 35.5. The molecule has 0 saturated carbocycles. The zero-order valence-corrected chi connectivity index (χ0v) is 10.7. The molecule has 0 aliphatic rings. The largest absolute Gasteiger partial charge is 0.399 e. The van der Waals surface area contributed by atoms with Crippen molar-refractivity contribution in [1.82, 2.24) is 0 Å². The van der Waals surface area contributed by atoms with Crippen molar-refractivity contribution in [2.75, 3.05) is 11.1 Å². The Bertz CT molecular complexity index is 529. The zero-order valence-electron chi connectivity index (χ0n) is 9.16. The number of aryl methyl sites for hydroxylation is 1. The minimum Gasteiger partial charge on any atom is -0.399 e. The van der Waals surface area contributed by atoms with Crippen LogP contribution < -0.4 is 11.1 Å². The van der Waals surface area contributed by atoms with Crippen LogP contribution in [0.2, 0.25) is 5.02 Å². The van der Waals surface area contributed by atoms with Crippen LogP contribution in [-0.4, -0.2) is 5.91 Å². The summed E-state index contributed by atoms with van der Waals surface area (Å²) in [6.07, 6.45) is 0. The van der Waals surface area contributed by atoms with Crippen LogP contribution in [0.1, 0.15) is 15.2 Å². The molecule has 0 radical (unpaired) electrons. The lowest BCUT2D eigenvalue weighted by molar-refractivity contribution is 0.103. The lowest BCUT2D eigenvalue weighted by Crippen LogP contribution is -2.11. The molecule has 0 spiro atoms. The third kappa shape index (κ3) is 2.60. The highest BCUT2D eigenvalue weighted by molar-refractivity contribution is 7.12. The molecule has 1 amide bonds. The van der Waals surface area contributed by atoms with Gasteiger partial charge in [-0.3, -0.25) is 4.79 Å². The maximum atomic E-state index is 11.9. The average molecular weight is 267 g/mol. The van der Waals surface area contributed by atoms with Gasteiger partial charge in [0.15, 0.2) is 0 Å². The molecule has 0 saturated heterocycles. The Kier molecular flexibility index (Phi) is 3.36. The van der Waals surface area contributed by atoms with E-state index >= 15 is 0 Å². The normalized spacial score (nSPS) is 10.2. The second kappa shape index (κ2) is 4.77. The smallest absolute Gasteiger partial charge is 0.265 e. The first-order valence-corrected chi connectivity index (χ1v) is 6.24. The lowest BCUT2D eigenvalue weighted by atomic mass is 10.1. The van der Waals surface area contributed by atoms with Gasteiger partial charge >= 0.3 is 0 Å². The topological polar surface area (TPSA) is 55.1 Å². The predicted octanol–water partition coefficient (Wildman–Crippen LogP) is 3.54. The molecule has 5 heteroatoms. The van der Waals surface area contributed by atoms with Gasteiger partial charge in [0.1, 0.15) is 0 Å². The second-order valence-corrected chi connectivity index (χ2v) is 4.98. The summed E-state index contributed by atoms with van der Waals surface area (Å²) >= 11 is 7.43. The van der Waals surface area contributed by atoms with Crippen molar-refractivity contribution in [1.29, 1.82) is 0 Å². The molecule has 0 aliphatic heterocycles. The summed E-state index contributed by atoms with van der Waals surface area (Å²) in [4.78, 5) is 12.5. The SMILES string of the molecule is Cc1cc(N)cc(Cl)c1NC(=O)c1cccs1. The van der Waals surface area contributed by atoms with Gasteiger partial charge < -0.3 is 11.1 Å². The van der Waals surface area contributed by atoms with Gasteiger partial charge in [0, 0.05) is 5.69 Å². The quantitative estimate of drug-likeness (QED) is 0.817. The summed E-state index contributed by atoms with van der Waals surface area (Å²) in [7, 11) is 0. The number of carbonyl (C=O) groups excluding carboxylic acids is 1. The number of hydrogen-bond donors (Lipinski definition) is 2. The molecule has 17 heavy (non-hydrogen) atoms. The van der Waals surface area contributed by atoms with Crippen LogP contribution >= 0.6 is 22.9 Å². The number of hydrogen-bond acceptors (Lipinski definition) is 3. The standard InChI is InChI=1S/C12H11ClN2OS/c1-7-5-8(14)6-9(13)11(7)15-12(16)10-3-2-4-17-10/h2-6H,14H2,1H3,(H,15,16). The summed E-state index contributed by atoms with van der Waals surface area (Å²) < 4.78 is 0. The number of halogens is 1. The Morgan fingerprint density at radius 1 is 1.47 bits per heavy atom. The minimum absolute atomic E-state index is 0.158. The number of carbonyl (C=O) groups is 1. The first-order chi connectivity index (χ1) is 8.08. The van der Waals surface area contributed by atoms with Gasteiger partial charge in [0.25, 0.3) is 5.91 Å². The molecule has 0 bridgehead atoms. The van der Waals surface area contributed by atoms with Crippen molar-refractivity contribution in [2.45, 2.75) is 6.92 Å². The fourth-order valence-corrected chi connectivity index (χ4v) is 2.45. The molecule has 3 nitrogen and oxygen atoms in total. The highest BCUT2D eigenvalue weighted by Gasteiger charge is 2.11. The van der Waals surface area contributed by atoms with Gasteiger partial charge in [-0.25, -0.2) is 0 Å². The Hall–Kier alpha value is -1.52. The zero-order chi connectivity index (χ0) is 12.4. The van der Waals surface area contributed by atoms with Crippen LogP contribution in [0.3, 0.4) is 0 Å². The van der Waals surface area contributed by atoms with Gasteiger partial charge in [-0.15, -0.1) is 11.3 Å². The first-order valence-electron chi connectivity index (χ1n) is 4.98. The monoisotopic (exact) mass is 266 g/mol. The summed E-state index contributed by atoms with van der Waals surface area (Å²) in [6.45, 7) is 1.85. The molecule has 2 aromatic rings. The third-order valence-corrected chi connectivity index (χ3v) is 3.46. The molecule has 0 atom stereocenters. The molecule has 1 aromatic carbocycles. The van der Waals surface area contributed by atoms with E-state index < -0.39 is 0 Å². The van der Waals surface area contributed by atoms with E-state index in [4.69, 9.17) is 17.3 Å². The molecule has 88 valence electrons. The molecule has 0 fully saturated rings. The minimum atomic E-state index is -0.158. The van der Waals surface area contributed by atoms with Gasteiger partial charge in [0.05, 0.1) is 15.6 Å². The van der Waals surface area contributed by atoms with Crippen molar-refractivity contribution in [3.63, 3.8) is 0 Å². The van der Waals surface area contributed by atoms with E-state index in [1.54, 1.807) is 18.2 Å². The molecule has 2 rings (SSSR count). The van der Waals surface area contributed by atoms with Crippen LogP contribution in [-0.2, 0) is 0 Å². The van der Waals surface area contributed by atoms with Gasteiger partial charge in [-0.2, -0.15) is 0 Å². The van der Waals surface area contributed by atoms with E-state index in [0.29, 0.717) is 21.3 Å². The van der Waals surface area contributed by atoms with E-state index in [2.05, 4.69) is 5.32 Å². The maximum Gasteiger partial charge on any atom is 0.265 e. The van der Waals surface area contributed by atoms with E-state index in [-0.39, 0.29) is 5.91 Å². The van der Waals surface area contributed by atoms with Crippen LogP contribution in [0, 0.1) is 6.92 Å². The number of nitrogens with two attached hydrogens (primary N) is 1. The van der Waals surface area contributed by atoms with E-state index in [1.165, 1.54) is 11.3 Å². The fraction of sp³-hybridized carbons (Fsp3) is 0.0833. The second-order valence-electron chi connectivity index (χ2n) is 3.63. The molecular weight excluding hydrogens is 256 g/mol. The molecule has 3 N–H and O–H groups in total. The van der Waals surface area contributed by atoms with E-state index in [9.17, 15) is 4.79 Å². The van der Waals surface area contributed by atoms with E-state index in [1.807, 2.05) is 18.4 Å². The van der Waals surface area contributed by atoms with Crippen LogP contribution in [0.5, 0.6) is 0 Å². The van der Waals surface area contributed by atoms with Crippen LogP contribution in [0.15, 0.2) is 29.6 Å². The van der Waals surface area contributed by atoms with Gasteiger partial charge in [-0.1, -0.05) is 17.7 Å². The van der Waals surface area contributed by atoms with Crippen molar-refractivity contribution < 1.29 is 4.79 Å². The number of nitrogen functional groups attached to an aromatic ring is 1. The Labute approximate surface area is 108 Å². The molecular formula is C12H11ClN2OS. The number of amides is 1.